The maximum Gasteiger partial charge on any atom is 0.211 e. The fraction of sp³-hybridized carbons (Fsp3) is 0.567. The third-order valence-electron chi connectivity index (χ3n) is 10.8. The average Bonchev–Trinajstić information content (AvgIpc) is 3.37. The van der Waals surface area contributed by atoms with Crippen LogP contribution in [0.15, 0.2) is 60.0 Å². The van der Waals surface area contributed by atoms with E-state index >= 15 is 0 Å². The molecule has 2 aliphatic heterocycles. The molecule has 1 saturated heterocycles. The molecule has 2 aromatic rings. The molecule has 3 fully saturated rings. The van der Waals surface area contributed by atoms with Crippen molar-refractivity contribution in [1.82, 2.24) is 9.29 Å². The van der Waals surface area contributed by atoms with Crippen LogP contribution in [-0.2, 0) is 14.8 Å². The summed E-state index contributed by atoms with van der Waals surface area (Å²) in [4.78, 5) is 4.36. The maximum absolute atomic E-state index is 12.3. The highest BCUT2D eigenvalue weighted by Crippen LogP contribution is 2.69. The molecule has 1 aromatic carbocycles. The molecule has 3 aliphatic carbocycles. The quantitative estimate of drug-likeness (QED) is 0.535. The van der Waals surface area contributed by atoms with Crippen molar-refractivity contribution in [3.8, 4) is 0 Å². The van der Waals surface area contributed by atoms with E-state index in [1.807, 2.05) is 12.4 Å². The molecule has 0 amide bonds. The second-order valence-corrected chi connectivity index (χ2v) is 14.4. The van der Waals surface area contributed by atoms with Crippen LogP contribution in [0.4, 0.5) is 0 Å². The van der Waals surface area contributed by atoms with E-state index in [0.29, 0.717) is 11.8 Å². The summed E-state index contributed by atoms with van der Waals surface area (Å²) in [5.41, 5.74) is 3.86. The number of hydrogen-bond acceptors (Lipinski definition) is 4. The Morgan fingerprint density at radius 1 is 1.11 bits per heavy atom. The minimum Gasteiger partial charge on any atom is -0.359 e. The highest BCUT2D eigenvalue weighted by molar-refractivity contribution is 7.88. The van der Waals surface area contributed by atoms with Gasteiger partial charge in [-0.15, -0.1) is 0 Å². The molecular formula is C30H36N2O3S. The first-order valence-corrected chi connectivity index (χ1v) is 15.4. The minimum atomic E-state index is -3.22. The lowest BCUT2D eigenvalue weighted by molar-refractivity contribution is -0.138. The number of nitrogens with zero attached hydrogens (tertiary/aromatic N) is 2. The summed E-state index contributed by atoms with van der Waals surface area (Å²) in [6.07, 6.45) is 18.2. The minimum absolute atomic E-state index is 0.00957. The van der Waals surface area contributed by atoms with Crippen LogP contribution in [0.1, 0.15) is 69.8 Å². The molecule has 1 unspecified atom stereocenters. The lowest BCUT2D eigenvalue weighted by Gasteiger charge is -2.54. The van der Waals surface area contributed by atoms with E-state index in [2.05, 4.69) is 48.3 Å². The van der Waals surface area contributed by atoms with Crippen LogP contribution in [-0.4, -0.2) is 48.3 Å². The summed E-state index contributed by atoms with van der Waals surface area (Å²) in [7, 11) is -1.48. The summed E-state index contributed by atoms with van der Waals surface area (Å²) < 4.78 is 33.6. The van der Waals surface area contributed by atoms with Gasteiger partial charge in [-0.2, -0.15) is 0 Å². The van der Waals surface area contributed by atoms with Crippen LogP contribution in [0.5, 0.6) is 0 Å². The first-order chi connectivity index (χ1) is 17.1. The number of sulfonamides is 1. The van der Waals surface area contributed by atoms with E-state index < -0.39 is 10.0 Å². The second kappa shape index (κ2) is 7.52. The number of pyridine rings is 1. The summed E-state index contributed by atoms with van der Waals surface area (Å²) in [5, 5.41) is 2.46. The Bertz CT molecular complexity index is 1430. The monoisotopic (exact) mass is 504 g/mol. The zero-order chi connectivity index (χ0) is 24.9. The molecule has 2 spiro atoms. The molecule has 190 valence electrons. The number of rotatable bonds is 3. The SMILES string of the molecule is CN([C@H]1CCC2=CC3=CC[C@]4(C)C(c5ccc6ccncc6c5)CC[C@H]4[C@@]34CC[C@]2(C1)O4)S(C)(=O)=O. The summed E-state index contributed by atoms with van der Waals surface area (Å²) in [5.74, 6) is 0.977. The van der Waals surface area contributed by atoms with Gasteiger partial charge in [0.15, 0.2) is 0 Å². The van der Waals surface area contributed by atoms with Crippen molar-refractivity contribution >= 4 is 20.8 Å². The lowest BCUT2D eigenvalue weighted by Crippen LogP contribution is -2.55. The predicted octanol–water partition coefficient (Wildman–Crippen LogP) is 5.74. The largest absolute Gasteiger partial charge is 0.359 e. The van der Waals surface area contributed by atoms with E-state index in [-0.39, 0.29) is 22.7 Å². The van der Waals surface area contributed by atoms with Gasteiger partial charge in [-0.25, -0.2) is 12.7 Å². The Morgan fingerprint density at radius 2 is 1.97 bits per heavy atom. The molecule has 2 saturated carbocycles. The smallest absolute Gasteiger partial charge is 0.211 e. The van der Waals surface area contributed by atoms with Crippen LogP contribution >= 0.6 is 0 Å². The molecule has 7 rings (SSSR count). The van der Waals surface area contributed by atoms with E-state index in [1.54, 1.807) is 11.4 Å². The third kappa shape index (κ3) is 3.07. The number of allylic oxidation sites excluding steroid dienone is 1. The third-order valence-corrected chi connectivity index (χ3v) is 12.1. The van der Waals surface area contributed by atoms with Crippen LogP contribution in [0.25, 0.3) is 10.8 Å². The van der Waals surface area contributed by atoms with Gasteiger partial charge in [-0.1, -0.05) is 31.2 Å². The molecule has 5 nitrogen and oxygen atoms in total. The molecule has 36 heavy (non-hydrogen) atoms. The van der Waals surface area contributed by atoms with Crippen molar-refractivity contribution in [2.75, 3.05) is 13.3 Å². The number of ether oxygens (including phenoxy) is 1. The van der Waals surface area contributed by atoms with Crippen molar-refractivity contribution in [3.05, 3.63) is 65.5 Å². The molecule has 0 radical (unpaired) electrons. The van der Waals surface area contributed by atoms with Gasteiger partial charge in [0, 0.05) is 30.9 Å². The number of fused-ring (bicyclic) bond motifs is 2. The van der Waals surface area contributed by atoms with Gasteiger partial charge in [0.1, 0.15) is 0 Å². The molecular weight excluding hydrogens is 468 g/mol. The van der Waals surface area contributed by atoms with E-state index in [0.717, 1.165) is 38.5 Å². The Kier molecular flexibility index (Phi) is 4.83. The van der Waals surface area contributed by atoms with Gasteiger partial charge in [-0.05, 0) is 103 Å². The highest BCUT2D eigenvalue weighted by Gasteiger charge is 2.66. The first-order valence-electron chi connectivity index (χ1n) is 13.5. The van der Waals surface area contributed by atoms with Crippen molar-refractivity contribution in [3.63, 3.8) is 0 Å². The maximum atomic E-state index is 12.3. The zero-order valence-corrected chi connectivity index (χ0v) is 22.4. The Morgan fingerprint density at radius 3 is 2.81 bits per heavy atom. The molecule has 3 heterocycles. The second-order valence-electron chi connectivity index (χ2n) is 12.4. The number of aromatic nitrogens is 1. The fourth-order valence-electron chi connectivity index (χ4n) is 8.83. The molecule has 5 aliphatic rings. The highest BCUT2D eigenvalue weighted by atomic mass is 32.2. The van der Waals surface area contributed by atoms with Crippen molar-refractivity contribution in [1.29, 1.82) is 0 Å². The summed E-state index contributed by atoms with van der Waals surface area (Å²) in [6, 6.07) is 9.04. The molecule has 0 N–H and O–H groups in total. The van der Waals surface area contributed by atoms with Gasteiger partial charge in [0.2, 0.25) is 10.0 Å². The van der Waals surface area contributed by atoms with Gasteiger partial charge < -0.3 is 4.74 Å². The normalized spacial score (nSPS) is 39.4. The molecule has 1 aromatic heterocycles. The number of benzene rings is 1. The predicted molar refractivity (Wildman–Crippen MR) is 142 cm³/mol. The Hall–Kier alpha value is -2.02. The Labute approximate surface area is 214 Å². The topological polar surface area (TPSA) is 59.5 Å². The molecule has 6 heteroatoms. The lowest BCUT2D eigenvalue weighted by atomic mass is 9.58. The number of hydrogen-bond donors (Lipinski definition) is 0. The standard InChI is InChI=1S/C30H36N2O3S/c1-28-12-10-24-17-23-6-7-25(32(2)36(3,33)34)18-29(23)13-14-30(24,35-29)27(28)9-8-26(28)21-5-4-20-11-15-31-19-22(20)16-21/h4-5,10-11,15-17,19,25-27H,6-9,12-14,18H2,1-3H3/t25-,26?,27+,28+,29+,30+/m0/s1. The fourth-order valence-corrected chi connectivity index (χ4v) is 9.55. The van der Waals surface area contributed by atoms with Crippen molar-refractivity contribution in [2.45, 2.75) is 81.5 Å². The van der Waals surface area contributed by atoms with Crippen LogP contribution in [0.2, 0.25) is 0 Å². The zero-order valence-electron chi connectivity index (χ0n) is 21.5. The Balaban J connectivity index is 1.25. The van der Waals surface area contributed by atoms with Gasteiger partial charge in [-0.3, -0.25) is 4.98 Å². The summed E-state index contributed by atoms with van der Waals surface area (Å²) in [6.45, 7) is 2.50. The summed E-state index contributed by atoms with van der Waals surface area (Å²) >= 11 is 0. The molecule has 2 bridgehead atoms. The molecule has 6 atom stereocenters. The van der Waals surface area contributed by atoms with Crippen LogP contribution in [0, 0.1) is 11.3 Å². The van der Waals surface area contributed by atoms with Crippen LogP contribution < -0.4 is 0 Å². The van der Waals surface area contributed by atoms with Gasteiger partial charge in [0.05, 0.1) is 17.5 Å². The van der Waals surface area contributed by atoms with Gasteiger partial charge in [0.25, 0.3) is 0 Å². The average molecular weight is 505 g/mol. The van der Waals surface area contributed by atoms with Crippen molar-refractivity contribution < 1.29 is 13.2 Å². The van der Waals surface area contributed by atoms with E-state index in [1.165, 1.54) is 46.6 Å². The van der Waals surface area contributed by atoms with Crippen molar-refractivity contribution in [2.24, 2.45) is 11.3 Å². The van der Waals surface area contributed by atoms with Gasteiger partial charge >= 0.3 is 0 Å². The van der Waals surface area contributed by atoms with Crippen LogP contribution in [0.3, 0.4) is 0 Å². The first kappa shape index (κ1) is 23.1. The van der Waals surface area contributed by atoms with E-state index in [9.17, 15) is 8.42 Å². The van der Waals surface area contributed by atoms with E-state index in [4.69, 9.17) is 4.74 Å².